The van der Waals surface area contributed by atoms with Gasteiger partial charge in [0.1, 0.15) is 5.75 Å². The molecule has 0 spiro atoms. The molecule has 4 heteroatoms. The monoisotopic (exact) mass is 250 g/mol. The first kappa shape index (κ1) is 14.4. The number of ether oxygens (including phenoxy) is 1. The highest BCUT2D eigenvalue weighted by atomic mass is 16.5. The first-order valence-electron chi connectivity index (χ1n) is 6.26. The largest absolute Gasteiger partial charge is 0.497 e. The smallest absolute Gasteiger partial charge is 0.253 e. The highest BCUT2D eigenvalue weighted by molar-refractivity contribution is 5.99. The summed E-state index contributed by atoms with van der Waals surface area (Å²) in [5.41, 5.74) is 6.72. The number of anilines is 1. The van der Waals surface area contributed by atoms with Gasteiger partial charge in [-0.05, 0) is 37.0 Å². The van der Waals surface area contributed by atoms with Crippen molar-refractivity contribution in [1.29, 1.82) is 0 Å². The van der Waals surface area contributed by atoms with Gasteiger partial charge < -0.3 is 15.8 Å². The van der Waals surface area contributed by atoms with Gasteiger partial charge in [0.05, 0.1) is 12.7 Å². The molecule has 18 heavy (non-hydrogen) atoms. The van der Waals surface area contributed by atoms with Gasteiger partial charge in [-0.15, -0.1) is 0 Å². The van der Waals surface area contributed by atoms with Crippen molar-refractivity contribution >= 4 is 11.6 Å². The summed E-state index contributed by atoms with van der Waals surface area (Å²) >= 11 is 0. The van der Waals surface area contributed by atoms with Crippen LogP contribution in [0.5, 0.6) is 5.75 Å². The van der Waals surface area contributed by atoms with Gasteiger partial charge in [-0.2, -0.15) is 0 Å². The predicted molar refractivity (Wildman–Crippen MR) is 73.8 cm³/mol. The fourth-order valence-electron chi connectivity index (χ4n) is 1.67. The van der Waals surface area contributed by atoms with Crippen molar-refractivity contribution in [2.45, 2.75) is 26.7 Å². The van der Waals surface area contributed by atoms with Crippen LogP contribution in [0.4, 0.5) is 5.69 Å². The van der Waals surface area contributed by atoms with Crippen molar-refractivity contribution < 1.29 is 9.53 Å². The molecule has 0 bridgehead atoms. The van der Waals surface area contributed by atoms with Crippen molar-refractivity contribution in [3.8, 4) is 5.75 Å². The zero-order valence-corrected chi connectivity index (χ0v) is 11.3. The molecule has 100 valence electrons. The predicted octanol–water partition coefficient (Wildman–Crippen LogP) is 2.44. The van der Waals surface area contributed by atoms with Crippen LogP contribution in [0.3, 0.4) is 0 Å². The van der Waals surface area contributed by atoms with Crippen LogP contribution in [0.25, 0.3) is 0 Å². The van der Waals surface area contributed by atoms with E-state index < -0.39 is 0 Å². The summed E-state index contributed by atoms with van der Waals surface area (Å²) in [7, 11) is 1.57. The van der Waals surface area contributed by atoms with Gasteiger partial charge in [-0.25, -0.2) is 0 Å². The molecular formula is C14H22N2O2. The number of nitrogens with two attached hydrogens (primary N) is 1. The molecule has 0 heterocycles. The van der Waals surface area contributed by atoms with Gasteiger partial charge in [0, 0.05) is 12.2 Å². The van der Waals surface area contributed by atoms with Crippen LogP contribution in [-0.2, 0) is 0 Å². The van der Waals surface area contributed by atoms with E-state index in [1.54, 1.807) is 25.3 Å². The quantitative estimate of drug-likeness (QED) is 0.602. The summed E-state index contributed by atoms with van der Waals surface area (Å²) < 4.78 is 5.08. The molecule has 0 saturated heterocycles. The average molecular weight is 250 g/mol. The Kier molecular flexibility index (Phi) is 5.49. The van der Waals surface area contributed by atoms with E-state index in [1.165, 1.54) is 0 Å². The highest BCUT2D eigenvalue weighted by Crippen LogP contribution is 2.19. The van der Waals surface area contributed by atoms with Crippen LogP contribution < -0.4 is 15.8 Å². The van der Waals surface area contributed by atoms with Gasteiger partial charge in [0.25, 0.3) is 5.91 Å². The maximum absolute atomic E-state index is 11.9. The molecule has 0 unspecified atom stereocenters. The Morgan fingerprint density at radius 3 is 2.78 bits per heavy atom. The Bertz CT molecular complexity index is 403. The summed E-state index contributed by atoms with van der Waals surface area (Å²) in [6.07, 6.45) is 2.08. The lowest BCUT2D eigenvalue weighted by Gasteiger charge is -2.10. The van der Waals surface area contributed by atoms with E-state index >= 15 is 0 Å². The Labute approximate surface area is 109 Å². The number of nitrogen functional groups attached to an aromatic ring is 1. The van der Waals surface area contributed by atoms with Gasteiger partial charge in [-0.3, -0.25) is 4.79 Å². The molecule has 0 aliphatic carbocycles. The molecule has 0 radical (unpaired) electrons. The van der Waals surface area contributed by atoms with Crippen molar-refractivity contribution in [2.24, 2.45) is 5.92 Å². The van der Waals surface area contributed by atoms with Crippen LogP contribution in [-0.4, -0.2) is 19.6 Å². The van der Waals surface area contributed by atoms with E-state index in [-0.39, 0.29) is 5.91 Å². The van der Waals surface area contributed by atoms with Crippen LogP contribution in [0.1, 0.15) is 37.0 Å². The van der Waals surface area contributed by atoms with E-state index in [4.69, 9.17) is 10.5 Å². The Morgan fingerprint density at radius 1 is 1.44 bits per heavy atom. The minimum Gasteiger partial charge on any atom is -0.497 e. The number of hydrogen-bond acceptors (Lipinski definition) is 3. The molecule has 0 aliphatic heterocycles. The van der Waals surface area contributed by atoms with E-state index in [0.29, 0.717) is 29.5 Å². The molecule has 0 atom stereocenters. The van der Waals surface area contributed by atoms with Crippen LogP contribution in [0, 0.1) is 5.92 Å². The molecule has 0 saturated carbocycles. The number of rotatable bonds is 6. The molecule has 1 aromatic carbocycles. The first-order valence-corrected chi connectivity index (χ1v) is 6.26. The standard InChI is InChI=1S/C14H22N2O2/c1-10(2)5-4-8-16-14(17)12-9-11(18-3)6-7-13(12)15/h6-7,9-10H,4-5,8,15H2,1-3H3,(H,16,17). The molecule has 4 nitrogen and oxygen atoms in total. The summed E-state index contributed by atoms with van der Waals surface area (Å²) in [6.45, 7) is 5.01. The maximum atomic E-state index is 11.9. The molecule has 3 N–H and O–H groups in total. The molecule has 0 aromatic heterocycles. The fraction of sp³-hybridized carbons (Fsp3) is 0.500. The third-order valence-corrected chi connectivity index (χ3v) is 2.75. The molecule has 0 fully saturated rings. The van der Waals surface area contributed by atoms with Gasteiger partial charge in [0.2, 0.25) is 0 Å². The number of carbonyl (C=O) groups excluding carboxylic acids is 1. The number of carbonyl (C=O) groups is 1. The van der Waals surface area contributed by atoms with Crippen molar-refractivity contribution in [2.75, 3.05) is 19.4 Å². The van der Waals surface area contributed by atoms with Crippen LogP contribution >= 0.6 is 0 Å². The number of hydrogen-bond donors (Lipinski definition) is 2. The fourth-order valence-corrected chi connectivity index (χ4v) is 1.67. The summed E-state index contributed by atoms with van der Waals surface area (Å²) in [5.74, 6) is 1.15. The number of benzene rings is 1. The van der Waals surface area contributed by atoms with E-state index in [2.05, 4.69) is 19.2 Å². The third-order valence-electron chi connectivity index (χ3n) is 2.75. The second-order valence-corrected chi connectivity index (χ2v) is 4.75. The molecule has 0 aliphatic rings. The van der Waals surface area contributed by atoms with Crippen molar-refractivity contribution in [1.82, 2.24) is 5.32 Å². The van der Waals surface area contributed by atoms with Crippen LogP contribution in [0.2, 0.25) is 0 Å². The van der Waals surface area contributed by atoms with Gasteiger partial charge >= 0.3 is 0 Å². The topological polar surface area (TPSA) is 64.3 Å². The number of nitrogens with one attached hydrogen (secondary N) is 1. The van der Waals surface area contributed by atoms with E-state index in [0.717, 1.165) is 12.8 Å². The van der Waals surface area contributed by atoms with E-state index in [1.807, 2.05) is 0 Å². The second-order valence-electron chi connectivity index (χ2n) is 4.75. The van der Waals surface area contributed by atoms with Gasteiger partial charge in [0.15, 0.2) is 0 Å². The highest BCUT2D eigenvalue weighted by Gasteiger charge is 2.10. The van der Waals surface area contributed by atoms with Gasteiger partial charge in [-0.1, -0.05) is 13.8 Å². The molecule has 1 amide bonds. The lowest BCUT2D eigenvalue weighted by molar-refractivity contribution is 0.0953. The minimum atomic E-state index is -0.143. The summed E-state index contributed by atoms with van der Waals surface area (Å²) in [6, 6.07) is 5.08. The first-order chi connectivity index (χ1) is 8.54. The van der Waals surface area contributed by atoms with Crippen molar-refractivity contribution in [3.63, 3.8) is 0 Å². The third kappa shape index (κ3) is 4.28. The lowest BCUT2D eigenvalue weighted by Crippen LogP contribution is -2.25. The summed E-state index contributed by atoms with van der Waals surface area (Å²) in [4.78, 5) is 11.9. The zero-order chi connectivity index (χ0) is 13.5. The minimum absolute atomic E-state index is 0.143. The molecule has 1 aromatic rings. The zero-order valence-electron chi connectivity index (χ0n) is 11.3. The number of amides is 1. The Morgan fingerprint density at radius 2 is 2.17 bits per heavy atom. The lowest BCUT2D eigenvalue weighted by atomic mass is 10.1. The second kappa shape index (κ2) is 6.89. The van der Waals surface area contributed by atoms with Crippen LogP contribution in [0.15, 0.2) is 18.2 Å². The summed E-state index contributed by atoms with van der Waals surface area (Å²) in [5, 5.41) is 2.87. The molecular weight excluding hydrogens is 228 g/mol. The average Bonchev–Trinajstić information content (AvgIpc) is 2.34. The SMILES string of the molecule is COc1ccc(N)c(C(=O)NCCCC(C)C)c1. The van der Waals surface area contributed by atoms with E-state index in [9.17, 15) is 4.79 Å². The Balaban J connectivity index is 2.55. The van der Waals surface area contributed by atoms with Crippen molar-refractivity contribution in [3.05, 3.63) is 23.8 Å². The number of methoxy groups -OCH3 is 1. The maximum Gasteiger partial charge on any atom is 0.253 e. The molecule has 1 rings (SSSR count). The Hall–Kier alpha value is -1.71. The normalized spacial score (nSPS) is 10.4.